The first-order chi connectivity index (χ1) is 3.47. The van der Waals surface area contributed by atoms with Crippen molar-refractivity contribution in [2.45, 2.75) is 4.71 Å². The zero-order valence-electron chi connectivity index (χ0n) is 3.96. The number of fused-ring (bicyclic) bond motifs is 1. The molecule has 0 N–H and O–H groups in total. The predicted molar refractivity (Wildman–Crippen MR) is 35.4 cm³/mol. The standard InChI is InChI=1S/C4H7NS2/c1-2-6-4-5(1)3-7-4/h4H,1-3H2/t4-/m1/s1. The highest BCUT2D eigenvalue weighted by molar-refractivity contribution is 8.18. The summed E-state index contributed by atoms with van der Waals surface area (Å²) in [5.74, 6) is 2.65. The first kappa shape index (κ1) is 4.53. The average Bonchev–Trinajstić information content (AvgIpc) is 1.85. The molecular formula is C4H7NS2. The van der Waals surface area contributed by atoms with Crippen molar-refractivity contribution in [3.8, 4) is 0 Å². The first-order valence-corrected chi connectivity index (χ1v) is 4.54. The van der Waals surface area contributed by atoms with E-state index in [1.54, 1.807) is 0 Å². The SMILES string of the molecule is C1CN2CS[C@H]2S1. The molecule has 2 heterocycles. The molecule has 0 aromatic rings. The molecule has 1 atom stereocenters. The fourth-order valence-corrected chi connectivity index (χ4v) is 3.45. The Hall–Kier alpha value is 0.660. The van der Waals surface area contributed by atoms with Gasteiger partial charge in [-0.15, -0.1) is 23.5 Å². The fraction of sp³-hybridized carbons (Fsp3) is 1.00. The molecule has 2 aliphatic rings. The Morgan fingerprint density at radius 2 is 2.43 bits per heavy atom. The Morgan fingerprint density at radius 3 is 2.71 bits per heavy atom. The van der Waals surface area contributed by atoms with Crippen LogP contribution in [0.5, 0.6) is 0 Å². The molecule has 0 aromatic heterocycles. The van der Waals surface area contributed by atoms with E-state index in [2.05, 4.69) is 28.4 Å². The third kappa shape index (κ3) is 0.590. The van der Waals surface area contributed by atoms with Gasteiger partial charge in [0.15, 0.2) is 0 Å². The third-order valence-corrected chi connectivity index (χ3v) is 4.20. The van der Waals surface area contributed by atoms with Gasteiger partial charge in [0.2, 0.25) is 0 Å². The van der Waals surface area contributed by atoms with Gasteiger partial charge in [-0.3, -0.25) is 4.90 Å². The second-order valence-corrected chi connectivity index (χ2v) is 4.31. The smallest absolute Gasteiger partial charge is 0.105 e. The van der Waals surface area contributed by atoms with Gasteiger partial charge in [-0.25, -0.2) is 0 Å². The topological polar surface area (TPSA) is 3.24 Å². The second-order valence-electron chi connectivity index (χ2n) is 1.79. The Balaban J connectivity index is 2.03. The van der Waals surface area contributed by atoms with Crippen LogP contribution in [0.15, 0.2) is 0 Å². The molecule has 2 saturated heterocycles. The lowest BCUT2D eigenvalue weighted by molar-refractivity contribution is 0.367. The molecule has 0 spiro atoms. The van der Waals surface area contributed by atoms with Crippen molar-refractivity contribution in [3.05, 3.63) is 0 Å². The van der Waals surface area contributed by atoms with Crippen molar-refractivity contribution in [2.75, 3.05) is 18.2 Å². The van der Waals surface area contributed by atoms with E-state index in [9.17, 15) is 0 Å². The minimum atomic E-state index is 0.861. The van der Waals surface area contributed by atoms with Gasteiger partial charge < -0.3 is 0 Å². The Kier molecular flexibility index (Phi) is 1.02. The van der Waals surface area contributed by atoms with Crippen LogP contribution in [0.25, 0.3) is 0 Å². The van der Waals surface area contributed by atoms with Gasteiger partial charge in [-0.2, -0.15) is 0 Å². The average molecular weight is 133 g/mol. The van der Waals surface area contributed by atoms with Crippen LogP contribution in [0, 0.1) is 0 Å². The molecule has 1 nitrogen and oxygen atoms in total. The maximum absolute atomic E-state index is 2.51. The van der Waals surface area contributed by atoms with Crippen LogP contribution in [0.1, 0.15) is 0 Å². The maximum Gasteiger partial charge on any atom is 0.105 e. The molecule has 0 bridgehead atoms. The third-order valence-electron chi connectivity index (χ3n) is 1.32. The van der Waals surface area contributed by atoms with Gasteiger partial charge in [-0.1, -0.05) is 0 Å². The van der Waals surface area contributed by atoms with E-state index < -0.39 is 0 Å². The highest BCUT2D eigenvalue weighted by Crippen LogP contribution is 2.41. The molecule has 2 aliphatic heterocycles. The van der Waals surface area contributed by atoms with Gasteiger partial charge in [0, 0.05) is 18.2 Å². The van der Waals surface area contributed by atoms with Crippen molar-refractivity contribution in [1.29, 1.82) is 0 Å². The summed E-state index contributed by atoms with van der Waals surface area (Å²) in [6.07, 6.45) is 0. The minimum Gasteiger partial charge on any atom is -0.273 e. The largest absolute Gasteiger partial charge is 0.273 e. The highest BCUT2D eigenvalue weighted by Gasteiger charge is 2.33. The van der Waals surface area contributed by atoms with Crippen LogP contribution >= 0.6 is 23.5 Å². The molecule has 0 saturated carbocycles. The van der Waals surface area contributed by atoms with E-state index >= 15 is 0 Å². The van der Waals surface area contributed by atoms with E-state index in [0.717, 1.165) is 4.71 Å². The zero-order chi connectivity index (χ0) is 4.69. The first-order valence-electron chi connectivity index (χ1n) is 2.44. The normalized spacial score (nSPS) is 40.3. The van der Waals surface area contributed by atoms with Crippen LogP contribution in [0.4, 0.5) is 0 Å². The molecule has 0 aromatic carbocycles. The molecule has 7 heavy (non-hydrogen) atoms. The quantitative estimate of drug-likeness (QED) is 0.486. The number of thioether (sulfide) groups is 2. The van der Waals surface area contributed by atoms with Crippen molar-refractivity contribution in [1.82, 2.24) is 4.90 Å². The molecule has 3 heteroatoms. The van der Waals surface area contributed by atoms with Crippen LogP contribution in [-0.4, -0.2) is 27.8 Å². The van der Waals surface area contributed by atoms with Crippen LogP contribution in [0.3, 0.4) is 0 Å². The number of hydrogen-bond donors (Lipinski definition) is 0. The Labute approximate surface area is 51.8 Å². The molecule has 2 rings (SSSR count). The lowest BCUT2D eigenvalue weighted by Crippen LogP contribution is -2.35. The van der Waals surface area contributed by atoms with Gasteiger partial charge in [0.1, 0.15) is 4.71 Å². The summed E-state index contributed by atoms with van der Waals surface area (Å²) in [5, 5.41) is 0. The maximum atomic E-state index is 2.51. The van der Waals surface area contributed by atoms with Crippen molar-refractivity contribution in [3.63, 3.8) is 0 Å². The van der Waals surface area contributed by atoms with Gasteiger partial charge >= 0.3 is 0 Å². The highest BCUT2D eigenvalue weighted by atomic mass is 32.2. The lowest BCUT2D eigenvalue weighted by atomic mass is 10.7. The van der Waals surface area contributed by atoms with E-state index in [-0.39, 0.29) is 0 Å². The Bertz CT molecular complexity index is 75.8. The summed E-state index contributed by atoms with van der Waals surface area (Å²) in [6.45, 7) is 1.34. The molecule has 0 amide bonds. The van der Waals surface area contributed by atoms with Gasteiger partial charge in [0.05, 0.1) is 0 Å². The summed E-state index contributed by atoms with van der Waals surface area (Å²) in [7, 11) is 0. The fourth-order valence-electron chi connectivity index (χ4n) is 0.835. The molecule has 2 fully saturated rings. The summed E-state index contributed by atoms with van der Waals surface area (Å²) in [5.41, 5.74) is 0. The number of nitrogens with zero attached hydrogens (tertiary/aromatic N) is 1. The second kappa shape index (κ2) is 1.57. The van der Waals surface area contributed by atoms with Crippen LogP contribution in [0.2, 0.25) is 0 Å². The van der Waals surface area contributed by atoms with E-state index in [1.165, 1.54) is 18.2 Å². The molecule has 0 unspecified atom stereocenters. The summed E-state index contributed by atoms with van der Waals surface area (Å²) < 4.78 is 0.861. The molecular weight excluding hydrogens is 126 g/mol. The summed E-state index contributed by atoms with van der Waals surface area (Å²) in [6, 6.07) is 0. The minimum absolute atomic E-state index is 0.861. The van der Waals surface area contributed by atoms with Crippen LogP contribution < -0.4 is 0 Å². The monoisotopic (exact) mass is 133 g/mol. The summed E-state index contributed by atoms with van der Waals surface area (Å²) in [4.78, 5) is 2.51. The molecule has 0 aliphatic carbocycles. The van der Waals surface area contributed by atoms with Gasteiger partial charge in [-0.05, 0) is 0 Å². The van der Waals surface area contributed by atoms with Crippen molar-refractivity contribution >= 4 is 23.5 Å². The van der Waals surface area contributed by atoms with Crippen LogP contribution in [-0.2, 0) is 0 Å². The summed E-state index contributed by atoms with van der Waals surface area (Å²) >= 11 is 4.15. The zero-order valence-corrected chi connectivity index (χ0v) is 5.60. The van der Waals surface area contributed by atoms with Crippen molar-refractivity contribution in [2.24, 2.45) is 0 Å². The Morgan fingerprint density at radius 1 is 1.43 bits per heavy atom. The lowest BCUT2D eigenvalue weighted by Gasteiger charge is -2.32. The number of hydrogen-bond acceptors (Lipinski definition) is 3. The van der Waals surface area contributed by atoms with E-state index in [0.29, 0.717) is 0 Å². The van der Waals surface area contributed by atoms with E-state index in [1.807, 2.05) is 0 Å². The predicted octanol–water partition coefficient (Wildman–Crippen LogP) is 1.02. The molecule has 0 radical (unpaired) electrons. The molecule has 40 valence electrons. The van der Waals surface area contributed by atoms with Gasteiger partial charge in [0.25, 0.3) is 0 Å². The number of rotatable bonds is 0. The van der Waals surface area contributed by atoms with Crippen molar-refractivity contribution < 1.29 is 0 Å². The van der Waals surface area contributed by atoms with E-state index in [4.69, 9.17) is 0 Å².